The normalized spacial score (nSPS) is 33.0. The summed E-state index contributed by atoms with van der Waals surface area (Å²) in [6, 6.07) is 0. The maximum atomic E-state index is 10.4. The van der Waals surface area contributed by atoms with Crippen LogP contribution in [0.3, 0.4) is 0 Å². The van der Waals surface area contributed by atoms with Crippen LogP contribution in [0.5, 0.6) is 0 Å². The number of hydrogen-bond acceptors (Lipinski definition) is 2. The van der Waals surface area contributed by atoms with E-state index < -0.39 is 6.09 Å². The fourth-order valence-corrected chi connectivity index (χ4v) is 0.706. The van der Waals surface area contributed by atoms with E-state index >= 15 is 0 Å². The average Bonchev–Trinajstić information content (AvgIpc) is 2.16. The minimum absolute atomic E-state index is 0.0694. The molecule has 1 aliphatic heterocycles. The van der Waals surface area contributed by atoms with Gasteiger partial charge >= 0.3 is 6.09 Å². The van der Waals surface area contributed by atoms with Crippen LogP contribution in [0.25, 0.3) is 0 Å². The van der Waals surface area contributed by atoms with Crippen LogP contribution in [-0.4, -0.2) is 42.2 Å². The highest BCUT2D eigenvalue weighted by Gasteiger charge is 2.32. The van der Waals surface area contributed by atoms with Gasteiger partial charge in [0.05, 0.1) is 13.6 Å². The molecule has 0 fully saturated rings. The Bertz CT molecular complexity index is 166. The number of aliphatic imine (C=N–C) groups is 1. The molecule has 1 unspecified atom stereocenters. The Morgan fingerprint density at radius 3 is 2.78 bits per heavy atom. The van der Waals surface area contributed by atoms with Crippen molar-refractivity contribution in [2.45, 2.75) is 0 Å². The molecule has 0 saturated carbocycles. The molecule has 0 spiro atoms. The Morgan fingerprint density at radius 2 is 2.56 bits per heavy atom. The topological polar surface area (TPSA) is 49.7 Å². The van der Waals surface area contributed by atoms with Crippen molar-refractivity contribution in [3.63, 3.8) is 0 Å². The Labute approximate surface area is 53.0 Å². The molecule has 0 aliphatic carbocycles. The fraction of sp³-hybridized carbons (Fsp3) is 0.600. The van der Waals surface area contributed by atoms with Crippen molar-refractivity contribution < 1.29 is 14.4 Å². The molecule has 1 rings (SSSR count). The summed E-state index contributed by atoms with van der Waals surface area (Å²) in [7, 11) is 1.62. The van der Waals surface area contributed by atoms with E-state index in [0.29, 0.717) is 13.1 Å². The molecule has 50 valence electrons. The Morgan fingerprint density at radius 1 is 1.89 bits per heavy atom. The van der Waals surface area contributed by atoms with Gasteiger partial charge in [-0.25, -0.2) is 4.99 Å². The quantitative estimate of drug-likeness (QED) is 0.473. The monoisotopic (exact) mass is 129 g/mol. The van der Waals surface area contributed by atoms with Crippen LogP contribution in [0.1, 0.15) is 0 Å². The first-order valence-corrected chi connectivity index (χ1v) is 2.75. The van der Waals surface area contributed by atoms with Crippen molar-refractivity contribution in [2.24, 2.45) is 4.99 Å². The van der Waals surface area contributed by atoms with Crippen LogP contribution >= 0.6 is 0 Å². The SMILES string of the molecule is C[N+]1(C(=O)O)C=NCC1. The number of carbonyl (C=O) groups is 1. The summed E-state index contributed by atoms with van der Waals surface area (Å²) in [5.74, 6) is 0. The van der Waals surface area contributed by atoms with E-state index in [1.54, 1.807) is 7.05 Å². The van der Waals surface area contributed by atoms with Crippen molar-refractivity contribution in [3.8, 4) is 0 Å². The van der Waals surface area contributed by atoms with E-state index in [4.69, 9.17) is 5.11 Å². The maximum Gasteiger partial charge on any atom is 0.519 e. The third-order valence-corrected chi connectivity index (χ3v) is 1.47. The second-order valence-corrected chi connectivity index (χ2v) is 2.30. The first-order chi connectivity index (χ1) is 4.15. The second kappa shape index (κ2) is 1.80. The highest BCUT2D eigenvalue weighted by Crippen LogP contribution is 2.04. The highest BCUT2D eigenvalue weighted by atomic mass is 16.4. The lowest BCUT2D eigenvalue weighted by atomic mass is 10.5. The third kappa shape index (κ3) is 0.929. The summed E-state index contributed by atoms with van der Waals surface area (Å²) in [6.07, 6.45) is 0.624. The number of hydrogen-bond donors (Lipinski definition) is 1. The van der Waals surface area contributed by atoms with Gasteiger partial charge < -0.3 is 5.11 Å². The molecule has 4 nitrogen and oxygen atoms in total. The van der Waals surface area contributed by atoms with Gasteiger partial charge in [0, 0.05) is 0 Å². The van der Waals surface area contributed by atoms with Gasteiger partial charge in [-0.15, -0.1) is 0 Å². The van der Waals surface area contributed by atoms with E-state index in [9.17, 15) is 4.79 Å². The summed E-state index contributed by atoms with van der Waals surface area (Å²) >= 11 is 0. The number of likely N-dealkylation sites (N-methyl/N-ethyl adjacent to an activating group) is 1. The van der Waals surface area contributed by atoms with Gasteiger partial charge in [-0.1, -0.05) is 0 Å². The van der Waals surface area contributed by atoms with Crippen LogP contribution in [0.2, 0.25) is 0 Å². The molecule has 1 amide bonds. The van der Waals surface area contributed by atoms with E-state index in [2.05, 4.69) is 4.99 Å². The first kappa shape index (κ1) is 6.22. The molecule has 4 heteroatoms. The number of amides is 1. The summed E-state index contributed by atoms with van der Waals surface area (Å²) in [4.78, 5) is 14.2. The number of nitrogens with zero attached hydrogens (tertiary/aromatic N) is 2. The van der Waals surface area contributed by atoms with E-state index in [1.165, 1.54) is 6.34 Å². The lowest BCUT2D eigenvalue weighted by molar-refractivity contribution is -0.729. The second-order valence-electron chi connectivity index (χ2n) is 2.30. The van der Waals surface area contributed by atoms with Crippen LogP contribution in [0, 0.1) is 0 Å². The van der Waals surface area contributed by atoms with Gasteiger partial charge in [-0.3, -0.25) is 0 Å². The molecule has 0 bridgehead atoms. The van der Waals surface area contributed by atoms with Crippen LogP contribution < -0.4 is 0 Å². The van der Waals surface area contributed by atoms with Crippen molar-refractivity contribution in [1.82, 2.24) is 0 Å². The Hall–Kier alpha value is -0.900. The van der Waals surface area contributed by atoms with Crippen LogP contribution in [-0.2, 0) is 0 Å². The van der Waals surface area contributed by atoms with Gasteiger partial charge in [0.2, 0.25) is 0 Å². The highest BCUT2D eigenvalue weighted by molar-refractivity contribution is 5.69. The Balaban J connectivity index is 2.74. The molecule has 1 atom stereocenters. The minimum Gasteiger partial charge on any atom is -0.435 e. The van der Waals surface area contributed by atoms with Gasteiger partial charge in [0.25, 0.3) is 0 Å². The lowest BCUT2D eigenvalue weighted by Gasteiger charge is -2.15. The molecule has 0 aromatic rings. The van der Waals surface area contributed by atoms with Gasteiger partial charge in [0.1, 0.15) is 6.54 Å². The summed E-state index contributed by atoms with van der Waals surface area (Å²) in [6.45, 7) is 1.21. The lowest BCUT2D eigenvalue weighted by Crippen LogP contribution is -2.45. The van der Waals surface area contributed by atoms with Crippen molar-refractivity contribution in [2.75, 3.05) is 20.1 Å². The van der Waals surface area contributed by atoms with Gasteiger partial charge in [-0.2, -0.15) is 9.28 Å². The minimum atomic E-state index is -0.837. The van der Waals surface area contributed by atoms with Crippen molar-refractivity contribution >= 4 is 12.4 Å². The molecule has 1 heterocycles. The molecule has 0 aromatic heterocycles. The summed E-state index contributed by atoms with van der Waals surface area (Å²) < 4.78 is -0.0694. The van der Waals surface area contributed by atoms with Gasteiger partial charge in [-0.05, 0) is 0 Å². The first-order valence-electron chi connectivity index (χ1n) is 2.75. The molecule has 0 radical (unpaired) electrons. The van der Waals surface area contributed by atoms with Crippen molar-refractivity contribution in [3.05, 3.63) is 0 Å². The molecular formula is C5H9N2O2+. The molecule has 0 saturated heterocycles. The summed E-state index contributed by atoms with van der Waals surface area (Å²) in [5, 5.41) is 8.55. The number of rotatable bonds is 0. The molecule has 0 aromatic carbocycles. The molecular weight excluding hydrogens is 120 g/mol. The van der Waals surface area contributed by atoms with Crippen LogP contribution in [0.4, 0.5) is 4.79 Å². The predicted molar refractivity (Wildman–Crippen MR) is 32.4 cm³/mol. The Kier molecular flexibility index (Phi) is 1.25. The zero-order valence-corrected chi connectivity index (χ0v) is 5.24. The van der Waals surface area contributed by atoms with E-state index in [0.717, 1.165) is 0 Å². The van der Waals surface area contributed by atoms with Crippen molar-refractivity contribution in [1.29, 1.82) is 0 Å². The largest absolute Gasteiger partial charge is 0.519 e. The van der Waals surface area contributed by atoms with Gasteiger partial charge in [0.15, 0.2) is 6.34 Å². The van der Waals surface area contributed by atoms with E-state index in [-0.39, 0.29) is 4.48 Å². The smallest absolute Gasteiger partial charge is 0.435 e. The van der Waals surface area contributed by atoms with Crippen LogP contribution in [0.15, 0.2) is 4.99 Å². The standard InChI is InChI=1S/C5H8N2O2/c1-7(5(8)9)3-2-6-4-7/h4H,2-3H2,1H3/p+1. The zero-order valence-electron chi connectivity index (χ0n) is 5.24. The number of carboxylic acid groups (broad SMARTS) is 1. The molecule has 1 N–H and O–H groups in total. The van der Waals surface area contributed by atoms with E-state index in [1.807, 2.05) is 0 Å². The zero-order chi connectivity index (χ0) is 6.91. The number of quaternary nitrogens is 1. The molecule has 1 aliphatic rings. The fourth-order valence-electron chi connectivity index (χ4n) is 0.706. The predicted octanol–water partition coefficient (Wildman–Crippen LogP) is 0.153. The summed E-state index contributed by atoms with van der Waals surface area (Å²) in [5.41, 5.74) is 0. The molecule has 9 heavy (non-hydrogen) atoms. The average molecular weight is 129 g/mol. The maximum absolute atomic E-state index is 10.4. The third-order valence-electron chi connectivity index (χ3n) is 1.47.